The maximum Gasteiger partial charge on any atom is 0.306 e. The first kappa shape index (κ1) is 18.5. The molecule has 0 atom stereocenters. The summed E-state index contributed by atoms with van der Waals surface area (Å²) in [4.78, 5) is 25.7. The second-order valence-corrected chi connectivity index (χ2v) is 9.04. The van der Waals surface area contributed by atoms with Crippen molar-refractivity contribution < 1.29 is 14.7 Å². The van der Waals surface area contributed by atoms with E-state index in [0.29, 0.717) is 18.9 Å². The first-order chi connectivity index (χ1) is 13.0. The number of carboxylic acid groups (broad SMARTS) is 1. The number of thiophene rings is 1. The Morgan fingerprint density at radius 2 is 1.85 bits per heavy atom. The van der Waals surface area contributed by atoms with Crippen LogP contribution in [0.15, 0.2) is 6.07 Å². The summed E-state index contributed by atoms with van der Waals surface area (Å²) in [7, 11) is 0. The predicted octanol–water partition coefficient (Wildman–Crippen LogP) is 4.28. The molecule has 2 saturated carbocycles. The molecule has 0 bridgehead atoms. The molecule has 2 aliphatic carbocycles. The van der Waals surface area contributed by atoms with Crippen LogP contribution in [0.2, 0.25) is 0 Å². The van der Waals surface area contributed by atoms with Crippen molar-refractivity contribution in [2.45, 2.75) is 76.8 Å². The van der Waals surface area contributed by atoms with Gasteiger partial charge in [-0.15, -0.1) is 11.3 Å². The van der Waals surface area contributed by atoms with Crippen LogP contribution in [0.1, 0.15) is 79.2 Å². The Morgan fingerprint density at radius 1 is 1.15 bits per heavy atom. The number of hydrogen-bond acceptors (Lipinski definition) is 4. The lowest BCUT2D eigenvalue weighted by molar-refractivity contribution is -0.142. The maximum absolute atomic E-state index is 12.7. The van der Waals surface area contributed by atoms with Crippen LogP contribution in [0.25, 0.3) is 10.2 Å². The number of nitrogens with zero attached hydrogens (tertiary/aromatic N) is 2. The number of aryl methyl sites for hydroxylation is 1. The molecule has 4 rings (SSSR count). The summed E-state index contributed by atoms with van der Waals surface area (Å²) in [5, 5.41) is 18.1. The Kier molecular flexibility index (Phi) is 5.21. The molecule has 146 valence electrons. The molecule has 2 fully saturated rings. The van der Waals surface area contributed by atoms with Crippen molar-refractivity contribution in [1.29, 1.82) is 0 Å². The van der Waals surface area contributed by atoms with Crippen LogP contribution in [-0.4, -0.2) is 32.8 Å². The highest BCUT2D eigenvalue weighted by molar-refractivity contribution is 7.20. The molecular weight excluding hydrogens is 362 g/mol. The topological polar surface area (TPSA) is 84.2 Å². The van der Waals surface area contributed by atoms with E-state index < -0.39 is 5.97 Å². The molecule has 0 radical (unpaired) electrons. The average molecular weight is 390 g/mol. The number of nitrogens with one attached hydrogen (secondary N) is 1. The first-order valence-electron chi connectivity index (χ1n) is 10.0. The first-order valence-corrected chi connectivity index (χ1v) is 10.9. The summed E-state index contributed by atoms with van der Waals surface area (Å²) in [5.41, 5.74) is 0.993. The molecular formula is C20H27N3O3S. The van der Waals surface area contributed by atoms with Gasteiger partial charge in [0.05, 0.1) is 22.5 Å². The standard InChI is InChI=1S/C20H27N3O3S/c1-12-16-11-17(18(24)21-14-9-7-13(8-10-14)20(25)26)27-19(16)23(22-12)15-5-3-2-4-6-15/h11,13-15H,2-10H2,1H3,(H,21,24)(H,25,26)/t13-,14+. The third kappa shape index (κ3) is 3.74. The average Bonchev–Trinajstić information content (AvgIpc) is 3.24. The smallest absolute Gasteiger partial charge is 0.306 e. The van der Waals surface area contributed by atoms with Crippen LogP contribution in [0.5, 0.6) is 0 Å². The second-order valence-electron chi connectivity index (χ2n) is 8.01. The van der Waals surface area contributed by atoms with Crippen LogP contribution < -0.4 is 5.32 Å². The van der Waals surface area contributed by atoms with Gasteiger partial charge in [0.25, 0.3) is 5.91 Å². The van der Waals surface area contributed by atoms with E-state index in [1.807, 2.05) is 13.0 Å². The van der Waals surface area contributed by atoms with E-state index in [0.717, 1.165) is 33.6 Å². The monoisotopic (exact) mass is 389 g/mol. The van der Waals surface area contributed by atoms with E-state index in [1.165, 1.54) is 43.4 Å². The van der Waals surface area contributed by atoms with E-state index >= 15 is 0 Å². The Hall–Kier alpha value is -1.89. The molecule has 1 amide bonds. The second kappa shape index (κ2) is 7.62. The Morgan fingerprint density at radius 3 is 2.52 bits per heavy atom. The molecule has 0 saturated heterocycles. The number of fused-ring (bicyclic) bond motifs is 1. The van der Waals surface area contributed by atoms with Crippen molar-refractivity contribution in [1.82, 2.24) is 15.1 Å². The van der Waals surface area contributed by atoms with Crippen molar-refractivity contribution in [2.75, 3.05) is 0 Å². The van der Waals surface area contributed by atoms with E-state index in [1.54, 1.807) is 0 Å². The zero-order chi connectivity index (χ0) is 19.0. The number of carbonyl (C=O) groups excluding carboxylic acids is 1. The summed E-state index contributed by atoms with van der Waals surface area (Å²) in [6, 6.07) is 2.50. The summed E-state index contributed by atoms with van der Waals surface area (Å²) < 4.78 is 2.16. The number of amides is 1. The molecule has 2 aromatic heterocycles. The maximum atomic E-state index is 12.7. The van der Waals surface area contributed by atoms with Gasteiger partial charge in [0, 0.05) is 11.4 Å². The van der Waals surface area contributed by atoms with E-state index in [2.05, 4.69) is 10.00 Å². The SMILES string of the molecule is Cc1nn(C2CCCCC2)c2sc(C(=O)N[C@H]3CC[C@@H](C(=O)O)CC3)cc12. The number of carboxylic acids is 1. The third-order valence-corrected chi connectivity index (χ3v) is 7.25. The Bertz CT molecular complexity index is 842. The minimum absolute atomic E-state index is 0.0374. The Balaban J connectivity index is 1.47. The van der Waals surface area contributed by atoms with Gasteiger partial charge in [0.2, 0.25) is 0 Å². The Labute approximate surface area is 162 Å². The minimum atomic E-state index is -0.716. The van der Waals surface area contributed by atoms with Crippen molar-refractivity contribution in [3.05, 3.63) is 16.6 Å². The van der Waals surface area contributed by atoms with Crippen LogP contribution in [0, 0.1) is 12.8 Å². The molecule has 0 aromatic carbocycles. The molecule has 2 aliphatic rings. The van der Waals surface area contributed by atoms with E-state index in [-0.39, 0.29) is 17.9 Å². The fourth-order valence-corrected chi connectivity index (χ4v) is 5.63. The minimum Gasteiger partial charge on any atom is -0.481 e. The molecule has 27 heavy (non-hydrogen) atoms. The zero-order valence-electron chi connectivity index (χ0n) is 15.7. The quantitative estimate of drug-likeness (QED) is 0.817. The summed E-state index contributed by atoms with van der Waals surface area (Å²) in [5.74, 6) is -1.01. The molecule has 2 heterocycles. The summed E-state index contributed by atoms with van der Waals surface area (Å²) >= 11 is 1.53. The van der Waals surface area contributed by atoms with Crippen molar-refractivity contribution >= 4 is 33.4 Å². The van der Waals surface area contributed by atoms with Gasteiger partial charge in [0.1, 0.15) is 4.83 Å². The number of carbonyl (C=O) groups is 2. The number of hydrogen-bond donors (Lipinski definition) is 2. The van der Waals surface area contributed by atoms with Crippen LogP contribution in [-0.2, 0) is 4.79 Å². The third-order valence-electron chi connectivity index (χ3n) is 6.12. The van der Waals surface area contributed by atoms with Crippen molar-refractivity contribution in [3.8, 4) is 0 Å². The van der Waals surface area contributed by atoms with Gasteiger partial charge >= 0.3 is 5.97 Å². The van der Waals surface area contributed by atoms with Gasteiger partial charge in [0.15, 0.2) is 0 Å². The summed E-state index contributed by atoms with van der Waals surface area (Å²) in [6.07, 6.45) is 8.91. The van der Waals surface area contributed by atoms with Gasteiger partial charge in [-0.1, -0.05) is 19.3 Å². The molecule has 2 aromatic rings. The van der Waals surface area contributed by atoms with E-state index in [4.69, 9.17) is 10.2 Å². The molecule has 7 heteroatoms. The van der Waals surface area contributed by atoms with Gasteiger partial charge in [-0.25, -0.2) is 0 Å². The molecule has 6 nitrogen and oxygen atoms in total. The fraction of sp³-hybridized carbons (Fsp3) is 0.650. The van der Waals surface area contributed by atoms with Crippen LogP contribution in [0.4, 0.5) is 0 Å². The van der Waals surface area contributed by atoms with Gasteiger partial charge in [-0.3, -0.25) is 14.3 Å². The molecule has 0 aliphatic heterocycles. The molecule has 2 N–H and O–H groups in total. The highest BCUT2D eigenvalue weighted by Crippen LogP contribution is 2.35. The molecule has 0 unspecified atom stereocenters. The lowest BCUT2D eigenvalue weighted by atomic mass is 9.86. The highest BCUT2D eigenvalue weighted by atomic mass is 32.1. The van der Waals surface area contributed by atoms with Crippen molar-refractivity contribution in [2.24, 2.45) is 5.92 Å². The highest BCUT2D eigenvalue weighted by Gasteiger charge is 2.28. The zero-order valence-corrected chi connectivity index (χ0v) is 16.6. The predicted molar refractivity (Wildman–Crippen MR) is 105 cm³/mol. The van der Waals surface area contributed by atoms with Crippen LogP contribution >= 0.6 is 11.3 Å². The van der Waals surface area contributed by atoms with Crippen molar-refractivity contribution in [3.63, 3.8) is 0 Å². The summed E-state index contributed by atoms with van der Waals surface area (Å²) in [6.45, 7) is 2.02. The number of aliphatic carboxylic acids is 1. The van der Waals surface area contributed by atoms with E-state index in [9.17, 15) is 9.59 Å². The number of aromatic nitrogens is 2. The largest absolute Gasteiger partial charge is 0.481 e. The normalized spacial score (nSPS) is 24.2. The van der Waals surface area contributed by atoms with Gasteiger partial charge in [-0.05, 0) is 51.5 Å². The lowest BCUT2D eigenvalue weighted by Crippen LogP contribution is -2.38. The van der Waals surface area contributed by atoms with Crippen LogP contribution in [0.3, 0.4) is 0 Å². The molecule has 0 spiro atoms. The lowest BCUT2D eigenvalue weighted by Gasteiger charge is -2.26. The van der Waals surface area contributed by atoms with Gasteiger partial charge in [-0.2, -0.15) is 5.10 Å². The fourth-order valence-electron chi connectivity index (χ4n) is 4.50. The number of rotatable bonds is 4. The van der Waals surface area contributed by atoms with Gasteiger partial charge < -0.3 is 10.4 Å².